The lowest BCUT2D eigenvalue weighted by Crippen LogP contribution is -2.04. The molecule has 2 nitrogen and oxygen atoms in total. The normalized spacial score (nSPS) is 12.4. The number of hydrogen-bond donors (Lipinski definition) is 1. The predicted molar refractivity (Wildman–Crippen MR) is 80.1 cm³/mol. The largest absolute Gasteiger partial charge is 0.384 e. The molecule has 0 bridgehead atoms. The molecule has 0 aromatic heterocycles. The molecule has 0 amide bonds. The van der Waals surface area contributed by atoms with E-state index in [2.05, 4.69) is 48.5 Å². The Kier molecular flexibility index (Phi) is 4.72. The van der Waals surface area contributed by atoms with Crippen molar-refractivity contribution in [1.29, 1.82) is 0 Å². The van der Waals surface area contributed by atoms with Crippen molar-refractivity contribution >= 4 is 0 Å². The summed E-state index contributed by atoms with van der Waals surface area (Å²) in [4.78, 5) is 0. The first-order chi connectivity index (χ1) is 9.20. The van der Waals surface area contributed by atoms with Crippen molar-refractivity contribution in [2.45, 2.75) is 19.4 Å². The summed E-state index contributed by atoms with van der Waals surface area (Å²) >= 11 is 0. The fourth-order valence-corrected chi connectivity index (χ4v) is 2.09. The number of nitrogens with two attached hydrogens (primary N) is 1. The minimum Gasteiger partial charge on any atom is -0.384 e. The van der Waals surface area contributed by atoms with Crippen LogP contribution in [0.3, 0.4) is 0 Å². The lowest BCUT2D eigenvalue weighted by Gasteiger charge is -2.09. The van der Waals surface area contributed by atoms with Crippen LogP contribution >= 0.6 is 0 Å². The first kappa shape index (κ1) is 13.8. The molecule has 2 aromatic carbocycles. The van der Waals surface area contributed by atoms with Gasteiger partial charge in [-0.1, -0.05) is 42.5 Å². The van der Waals surface area contributed by atoms with Crippen LogP contribution in [0.15, 0.2) is 48.5 Å². The fourth-order valence-electron chi connectivity index (χ4n) is 2.09. The Morgan fingerprint density at radius 1 is 1.05 bits per heavy atom. The maximum atomic E-state index is 5.93. The zero-order valence-electron chi connectivity index (χ0n) is 11.6. The van der Waals surface area contributed by atoms with E-state index in [0.717, 1.165) is 13.0 Å². The van der Waals surface area contributed by atoms with E-state index in [9.17, 15) is 0 Å². The molecule has 0 aliphatic rings. The number of rotatable bonds is 5. The van der Waals surface area contributed by atoms with Crippen LogP contribution in [0, 0.1) is 0 Å². The second-order valence-electron chi connectivity index (χ2n) is 4.85. The van der Waals surface area contributed by atoms with E-state index >= 15 is 0 Å². The highest BCUT2D eigenvalue weighted by molar-refractivity contribution is 5.64. The lowest BCUT2D eigenvalue weighted by molar-refractivity contribution is 0.202. The SMILES string of the molecule is COCCc1ccc(-c2cccc(C(C)N)c2)cc1. The molecule has 0 radical (unpaired) electrons. The molecule has 2 N–H and O–H groups in total. The molecule has 0 spiro atoms. The molecule has 100 valence electrons. The highest BCUT2D eigenvalue weighted by Gasteiger charge is 2.02. The maximum absolute atomic E-state index is 5.93. The Bertz CT molecular complexity index is 517. The Labute approximate surface area is 115 Å². The van der Waals surface area contributed by atoms with Crippen molar-refractivity contribution in [2.24, 2.45) is 5.73 Å². The van der Waals surface area contributed by atoms with Gasteiger partial charge in [0, 0.05) is 13.2 Å². The minimum absolute atomic E-state index is 0.0703. The molecule has 19 heavy (non-hydrogen) atoms. The Balaban J connectivity index is 2.19. The molecular weight excluding hydrogens is 234 g/mol. The monoisotopic (exact) mass is 255 g/mol. The summed E-state index contributed by atoms with van der Waals surface area (Å²) < 4.78 is 5.09. The van der Waals surface area contributed by atoms with Gasteiger partial charge < -0.3 is 10.5 Å². The van der Waals surface area contributed by atoms with Gasteiger partial charge in [-0.3, -0.25) is 0 Å². The maximum Gasteiger partial charge on any atom is 0.0502 e. The second-order valence-corrected chi connectivity index (χ2v) is 4.85. The molecular formula is C17H21NO. The van der Waals surface area contributed by atoms with Crippen LogP contribution in [0.2, 0.25) is 0 Å². The average molecular weight is 255 g/mol. The second kappa shape index (κ2) is 6.50. The van der Waals surface area contributed by atoms with Crippen molar-refractivity contribution in [3.8, 4) is 11.1 Å². The van der Waals surface area contributed by atoms with E-state index in [-0.39, 0.29) is 6.04 Å². The first-order valence-corrected chi connectivity index (χ1v) is 6.64. The number of hydrogen-bond acceptors (Lipinski definition) is 2. The van der Waals surface area contributed by atoms with Crippen LogP contribution in [-0.4, -0.2) is 13.7 Å². The molecule has 0 saturated carbocycles. The van der Waals surface area contributed by atoms with Gasteiger partial charge in [-0.05, 0) is 41.7 Å². The molecule has 0 aliphatic carbocycles. The standard InChI is InChI=1S/C17H21NO/c1-13(18)16-4-3-5-17(12-16)15-8-6-14(7-9-15)10-11-19-2/h3-9,12-13H,10-11,18H2,1-2H3. The summed E-state index contributed by atoms with van der Waals surface area (Å²) in [6, 6.07) is 17.1. The molecule has 0 saturated heterocycles. The molecule has 1 unspecified atom stereocenters. The number of methoxy groups -OCH3 is 1. The van der Waals surface area contributed by atoms with E-state index in [1.165, 1.54) is 22.3 Å². The van der Waals surface area contributed by atoms with Crippen LogP contribution in [0.4, 0.5) is 0 Å². The molecule has 0 heterocycles. The van der Waals surface area contributed by atoms with E-state index in [1.54, 1.807) is 7.11 Å². The summed E-state index contributed by atoms with van der Waals surface area (Å²) in [5.41, 5.74) is 10.8. The lowest BCUT2D eigenvalue weighted by atomic mass is 9.99. The van der Waals surface area contributed by atoms with E-state index < -0.39 is 0 Å². The molecule has 2 rings (SSSR count). The van der Waals surface area contributed by atoms with Crippen molar-refractivity contribution < 1.29 is 4.74 Å². The molecule has 2 aromatic rings. The highest BCUT2D eigenvalue weighted by atomic mass is 16.5. The quantitative estimate of drug-likeness (QED) is 0.886. The molecule has 2 heteroatoms. The van der Waals surface area contributed by atoms with Crippen LogP contribution < -0.4 is 5.73 Å². The van der Waals surface area contributed by atoms with Gasteiger partial charge in [0.15, 0.2) is 0 Å². The van der Waals surface area contributed by atoms with E-state index in [1.807, 2.05) is 6.92 Å². The molecule has 0 aliphatic heterocycles. The van der Waals surface area contributed by atoms with Crippen molar-refractivity contribution in [3.63, 3.8) is 0 Å². The Morgan fingerprint density at radius 2 is 1.79 bits per heavy atom. The number of benzene rings is 2. The fraction of sp³-hybridized carbons (Fsp3) is 0.294. The van der Waals surface area contributed by atoms with Crippen LogP contribution in [0.25, 0.3) is 11.1 Å². The first-order valence-electron chi connectivity index (χ1n) is 6.64. The van der Waals surface area contributed by atoms with Crippen molar-refractivity contribution in [3.05, 3.63) is 59.7 Å². The van der Waals surface area contributed by atoms with Gasteiger partial charge in [-0.25, -0.2) is 0 Å². The van der Waals surface area contributed by atoms with Crippen molar-refractivity contribution in [2.75, 3.05) is 13.7 Å². The molecule has 1 atom stereocenters. The van der Waals surface area contributed by atoms with Crippen LogP contribution in [0.5, 0.6) is 0 Å². The minimum atomic E-state index is 0.0703. The van der Waals surface area contributed by atoms with Gasteiger partial charge in [0.2, 0.25) is 0 Å². The Morgan fingerprint density at radius 3 is 2.42 bits per heavy atom. The topological polar surface area (TPSA) is 35.2 Å². The number of ether oxygens (including phenoxy) is 1. The van der Waals surface area contributed by atoms with Gasteiger partial charge in [0.05, 0.1) is 6.61 Å². The summed E-state index contributed by atoms with van der Waals surface area (Å²) in [6.45, 7) is 2.77. The van der Waals surface area contributed by atoms with Crippen LogP contribution in [0.1, 0.15) is 24.1 Å². The van der Waals surface area contributed by atoms with Gasteiger partial charge in [-0.15, -0.1) is 0 Å². The third-order valence-corrected chi connectivity index (χ3v) is 3.29. The zero-order valence-corrected chi connectivity index (χ0v) is 11.6. The van der Waals surface area contributed by atoms with Gasteiger partial charge >= 0.3 is 0 Å². The zero-order chi connectivity index (χ0) is 13.7. The van der Waals surface area contributed by atoms with Crippen LogP contribution in [-0.2, 0) is 11.2 Å². The Hall–Kier alpha value is -1.64. The van der Waals surface area contributed by atoms with Gasteiger partial charge in [0.25, 0.3) is 0 Å². The highest BCUT2D eigenvalue weighted by Crippen LogP contribution is 2.23. The van der Waals surface area contributed by atoms with Gasteiger partial charge in [-0.2, -0.15) is 0 Å². The third kappa shape index (κ3) is 3.66. The van der Waals surface area contributed by atoms with Gasteiger partial charge in [0.1, 0.15) is 0 Å². The van der Waals surface area contributed by atoms with E-state index in [4.69, 9.17) is 10.5 Å². The summed E-state index contributed by atoms with van der Waals surface area (Å²) in [7, 11) is 1.73. The van der Waals surface area contributed by atoms with Crippen molar-refractivity contribution in [1.82, 2.24) is 0 Å². The predicted octanol–water partition coefficient (Wildman–Crippen LogP) is 3.56. The third-order valence-electron chi connectivity index (χ3n) is 3.29. The summed E-state index contributed by atoms with van der Waals surface area (Å²) in [6.07, 6.45) is 0.955. The molecule has 0 fully saturated rings. The summed E-state index contributed by atoms with van der Waals surface area (Å²) in [5, 5.41) is 0. The average Bonchev–Trinajstić information content (AvgIpc) is 2.46. The summed E-state index contributed by atoms with van der Waals surface area (Å²) in [5.74, 6) is 0. The van der Waals surface area contributed by atoms with E-state index in [0.29, 0.717) is 0 Å². The smallest absolute Gasteiger partial charge is 0.0502 e.